The lowest BCUT2D eigenvalue weighted by Gasteiger charge is -2.32. The second-order valence-electron chi connectivity index (χ2n) is 5.95. The summed E-state index contributed by atoms with van der Waals surface area (Å²) in [7, 11) is 0.737. The summed E-state index contributed by atoms with van der Waals surface area (Å²) in [6, 6.07) is 8.96. The van der Waals surface area contributed by atoms with Crippen LogP contribution in [0.1, 0.15) is 29.5 Å². The Morgan fingerprint density at radius 1 is 1.18 bits per heavy atom. The van der Waals surface area contributed by atoms with Gasteiger partial charge in [-0.05, 0) is 36.9 Å². The van der Waals surface area contributed by atoms with Crippen molar-refractivity contribution in [3.8, 4) is 0 Å². The van der Waals surface area contributed by atoms with Crippen LogP contribution >= 0.6 is 0 Å². The SMILES string of the molecule is CN[Si](C)(C)C1C(C2CC2)=Cc2ccccc21. The van der Waals surface area contributed by atoms with Crippen molar-refractivity contribution in [3.63, 3.8) is 0 Å². The normalized spacial score (nSPS) is 23.5. The molecular formula is C15H21NSi. The molecule has 1 fully saturated rings. The molecule has 0 radical (unpaired) electrons. The largest absolute Gasteiger partial charge is 0.340 e. The minimum atomic E-state index is -1.40. The van der Waals surface area contributed by atoms with Crippen molar-refractivity contribution in [2.24, 2.45) is 5.92 Å². The third-order valence-electron chi connectivity index (χ3n) is 4.38. The molecule has 2 heteroatoms. The first kappa shape index (κ1) is 11.2. The summed E-state index contributed by atoms with van der Waals surface area (Å²) in [5, 5.41) is 0. The van der Waals surface area contributed by atoms with Gasteiger partial charge < -0.3 is 4.98 Å². The van der Waals surface area contributed by atoms with E-state index in [2.05, 4.69) is 55.5 Å². The molecule has 1 saturated carbocycles. The van der Waals surface area contributed by atoms with Crippen molar-refractivity contribution in [1.29, 1.82) is 0 Å². The van der Waals surface area contributed by atoms with Crippen molar-refractivity contribution >= 4 is 14.3 Å². The maximum atomic E-state index is 3.63. The zero-order valence-electron chi connectivity index (χ0n) is 11.0. The van der Waals surface area contributed by atoms with Crippen LogP contribution in [0, 0.1) is 5.92 Å². The average Bonchev–Trinajstić information content (AvgIpc) is 3.09. The smallest absolute Gasteiger partial charge is 0.130 e. The Hall–Kier alpha value is -0.863. The molecule has 0 heterocycles. The minimum absolute atomic E-state index is 0.691. The Morgan fingerprint density at radius 2 is 1.88 bits per heavy atom. The van der Waals surface area contributed by atoms with Crippen LogP contribution in [0.3, 0.4) is 0 Å². The van der Waals surface area contributed by atoms with Crippen molar-refractivity contribution in [3.05, 3.63) is 41.0 Å². The summed E-state index contributed by atoms with van der Waals surface area (Å²) in [5.74, 6) is 0.882. The van der Waals surface area contributed by atoms with Crippen LogP contribution in [0.25, 0.3) is 6.08 Å². The molecule has 1 aromatic carbocycles. The number of rotatable bonds is 3. The molecule has 1 atom stereocenters. The van der Waals surface area contributed by atoms with Gasteiger partial charge in [-0.25, -0.2) is 0 Å². The molecule has 0 amide bonds. The number of nitrogens with one attached hydrogen (secondary N) is 1. The first-order valence-corrected chi connectivity index (χ1v) is 9.70. The summed E-state index contributed by atoms with van der Waals surface area (Å²) in [5.41, 5.74) is 5.45. The Labute approximate surface area is 105 Å². The Bertz CT molecular complexity index is 472. The number of fused-ring (bicyclic) bond motifs is 1. The molecule has 3 rings (SSSR count). The Balaban J connectivity index is 2.07. The lowest BCUT2D eigenvalue weighted by Crippen LogP contribution is -2.48. The lowest BCUT2D eigenvalue weighted by molar-refractivity contribution is 0.887. The highest BCUT2D eigenvalue weighted by Gasteiger charge is 2.43. The molecule has 90 valence electrons. The molecule has 1 N–H and O–H groups in total. The zero-order valence-corrected chi connectivity index (χ0v) is 12.0. The topological polar surface area (TPSA) is 12.0 Å². The first-order chi connectivity index (χ1) is 8.13. The van der Waals surface area contributed by atoms with Gasteiger partial charge in [0.2, 0.25) is 0 Å². The second-order valence-corrected chi connectivity index (χ2v) is 10.5. The van der Waals surface area contributed by atoms with Crippen LogP contribution < -0.4 is 4.98 Å². The summed E-state index contributed by atoms with van der Waals surface area (Å²) < 4.78 is 0. The van der Waals surface area contributed by atoms with E-state index in [4.69, 9.17) is 0 Å². The highest BCUT2D eigenvalue weighted by atomic mass is 28.3. The molecule has 1 nitrogen and oxygen atoms in total. The number of allylic oxidation sites excluding steroid dienone is 1. The molecule has 0 saturated heterocycles. The number of hydrogen-bond acceptors (Lipinski definition) is 1. The van der Waals surface area contributed by atoms with Gasteiger partial charge in [0, 0.05) is 5.54 Å². The summed E-state index contributed by atoms with van der Waals surface area (Å²) in [6.07, 6.45) is 5.29. The van der Waals surface area contributed by atoms with Crippen molar-refractivity contribution < 1.29 is 0 Å². The zero-order chi connectivity index (χ0) is 12.0. The van der Waals surface area contributed by atoms with Gasteiger partial charge in [-0.3, -0.25) is 0 Å². The Kier molecular flexibility index (Phi) is 2.53. The van der Waals surface area contributed by atoms with Crippen molar-refractivity contribution in [2.75, 3.05) is 7.05 Å². The predicted octanol–water partition coefficient (Wildman–Crippen LogP) is 3.54. The average molecular weight is 243 g/mol. The van der Waals surface area contributed by atoms with Gasteiger partial charge in [-0.15, -0.1) is 0 Å². The first-order valence-electron chi connectivity index (χ1n) is 6.63. The van der Waals surface area contributed by atoms with E-state index < -0.39 is 8.24 Å². The molecule has 2 aliphatic carbocycles. The van der Waals surface area contributed by atoms with Gasteiger partial charge in [0.25, 0.3) is 0 Å². The van der Waals surface area contributed by atoms with E-state index in [9.17, 15) is 0 Å². The standard InChI is InChI=1S/C15H21NSi/c1-16-17(2,3)15-13-7-5-4-6-12(13)10-14(15)11-8-9-11/h4-7,10-11,15-16H,8-9H2,1-3H3. The molecule has 2 aliphatic rings. The number of benzene rings is 1. The molecule has 0 aliphatic heterocycles. The van der Waals surface area contributed by atoms with Crippen molar-refractivity contribution in [1.82, 2.24) is 4.98 Å². The molecule has 0 bridgehead atoms. The van der Waals surface area contributed by atoms with Crippen LogP contribution in [-0.4, -0.2) is 15.3 Å². The van der Waals surface area contributed by atoms with Gasteiger partial charge in [-0.1, -0.05) is 49.0 Å². The number of hydrogen-bond donors (Lipinski definition) is 1. The summed E-state index contributed by atoms with van der Waals surface area (Å²) in [6.45, 7) is 4.91. The molecule has 0 aromatic heterocycles. The van der Waals surface area contributed by atoms with Gasteiger partial charge >= 0.3 is 0 Å². The third kappa shape index (κ3) is 1.80. The monoisotopic (exact) mass is 243 g/mol. The second kappa shape index (κ2) is 3.82. The maximum Gasteiger partial charge on any atom is 0.130 e. The van der Waals surface area contributed by atoms with Crippen LogP contribution in [-0.2, 0) is 0 Å². The van der Waals surface area contributed by atoms with E-state index >= 15 is 0 Å². The van der Waals surface area contributed by atoms with E-state index in [1.165, 1.54) is 18.4 Å². The fourth-order valence-electron chi connectivity index (χ4n) is 3.07. The summed E-state index contributed by atoms with van der Waals surface area (Å²) >= 11 is 0. The highest BCUT2D eigenvalue weighted by Crippen LogP contribution is 2.51. The van der Waals surface area contributed by atoms with Crippen LogP contribution in [0.2, 0.25) is 13.1 Å². The fraction of sp³-hybridized carbons (Fsp3) is 0.467. The molecule has 0 spiro atoms. The molecule has 17 heavy (non-hydrogen) atoms. The molecular weight excluding hydrogens is 222 g/mol. The minimum Gasteiger partial charge on any atom is -0.340 e. The highest BCUT2D eigenvalue weighted by molar-refractivity contribution is 6.77. The van der Waals surface area contributed by atoms with Gasteiger partial charge in [0.15, 0.2) is 0 Å². The summed E-state index contributed by atoms with van der Waals surface area (Å²) in [4.78, 5) is 3.63. The fourth-order valence-corrected chi connectivity index (χ4v) is 5.55. The van der Waals surface area contributed by atoms with Gasteiger partial charge in [0.05, 0.1) is 0 Å². The third-order valence-corrected chi connectivity index (χ3v) is 7.75. The Morgan fingerprint density at radius 3 is 2.53 bits per heavy atom. The quantitative estimate of drug-likeness (QED) is 0.801. The van der Waals surface area contributed by atoms with Crippen LogP contribution in [0.5, 0.6) is 0 Å². The molecule has 1 unspecified atom stereocenters. The maximum absolute atomic E-state index is 3.63. The van der Waals surface area contributed by atoms with E-state index in [0.717, 1.165) is 5.92 Å². The van der Waals surface area contributed by atoms with Gasteiger partial charge in [0.1, 0.15) is 8.24 Å². The van der Waals surface area contributed by atoms with E-state index in [1.807, 2.05) is 0 Å². The van der Waals surface area contributed by atoms with Crippen molar-refractivity contribution in [2.45, 2.75) is 31.5 Å². The van der Waals surface area contributed by atoms with E-state index in [0.29, 0.717) is 5.54 Å². The van der Waals surface area contributed by atoms with Crippen LogP contribution in [0.4, 0.5) is 0 Å². The molecule has 1 aromatic rings. The van der Waals surface area contributed by atoms with E-state index in [-0.39, 0.29) is 0 Å². The van der Waals surface area contributed by atoms with E-state index in [1.54, 1.807) is 11.1 Å². The van der Waals surface area contributed by atoms with Crippen LogP contribution in [0.15, 0.2) is 29.8 Å². The van der Waals surface area contributed by atoms with Gasteiger partial charge in [-0.2, -0.15) is 0 Å². The lowest BCUT2D eigenvalue weighted by atomic mass is 10.1. The predicted molar refractivity (Wildman–Crippen MR) is 76.4 cm³/mol.